The summed E-state index contributed by atoms with van der Waals surface area (Å²) in [4.78, 5) is 10.5. The van der Waals surface area contributed by atoms with Gasteiger partial charge in [0.2, 0.25) is 0 Å². The first-order valence-corrected chi connectivity index (χ1v) is 15.9. The van der Waals surface area contributed by atoms with Crippen molar-refractivity contribution in [2.75, 3.05) is 0 Å². The molecule has 0 N–H and O–H groups in total. The van der Waals surface area contributed by atoms with E-state index in [1.807, 2.05) is 41.2 Å². The van der Waals surface area contributed by atoms with Crippen molar-refractivity contribution in [3.05, 3.63) is 187 Å². The van der Waals surface area contributed by atoms with Crippen molar-refractivity contribution < 1.29 is 97.3 Å². The summed E-state index contributed by atoms with van der Waals surface area (Å²) in [6, 6.07) is 12.5. The third kappa shape index (κ3) is 7.13. The lowest BCUT2D eigenvalue weighted by molar-refractivity contribution is -0.688. The molecule has 6 rings (SSSR count). The number of nitro benzene ring substituents is 1. The second kappa shape index (κ2) is 16.8. The molecule has 0 atom stereocenters. The molecule has 0 amide bonds. The molecule has 25 heteroatoms. The van der Waals surface area contributed by atoms with E-state index in [1.165, 1.54) is 6.07 Å². The summed E-state index contributed by atoms with van der Waals surface area (Å²) in [6.45, 7) is 0.512. The zero-order valence-corrected chi connectivity index (χ0v) is 28.8. The molecule has 0 aliphatic rings. The van der Waals surface area contributed by atoms with Gasteiger partial charge in [-0.15, -0.1) is 21.9 Å². The first-order chi connectivity index (χ1) is 28.5. The maximum absolute atomic E-state index is 15.4. The van der Waals surface area contributed by atoms with Crippen LogP contribution in [0.3, 0.4) is 0 Å². The van der Waals surface area contributed by atoms with Gasteiger partial charge in [0.05, 0.1) is 10.5 Å². The second-order valence-corrected chi connectivity index (χ2v) is 12.2. The summed E-state index contributed by atoms with van der Waals surface area (Å²) in [5.74, 6) is -71.4. The number of hydrogen-bond donors (Lipinski definition) is 0. The number of nitro groups is 1. The summed E-state index contributed by atoms with van der Waals surface area (Å²) < 4.78 is 296. The van der Waals surface area contributed by atoms with Gasteiger partial charge in [0.1, 0.15) is 52.7 Å². The third-order valence-corrected chi connectivity index (χ3v) is 9.03. The Morgan fingerprint density at radius 2 is 0.623 bits per heavy atom. The maximum atomic E-state index is 15.4. The van der Waals surface area contributed by atoms with E-state index in [0.717, 1.165) is 0 Å². The van der Waals surface area contributed by atoms with Gasteiger partial charge in [-0.05, 0) is 6.07 Å². The van der Waals surface area contributed by atoms with E-state index in [2.05, 4.69) is 0 Å². The molecule has 320 valence electrons. The molecule has 0 aliphatic heterocycles. The molecule has 5 aromatic carbocycles. The molecule has 0 aliphatic carbocycles. The van der Waals surface area contributed by atoms with Crippen molar-refractivity contribution in [1.29, 1.82) is 0 Å². The molecule has 1 aromatic heterocycles. The van der Waals surface area contributed by atoms with Crippen LogP contribution in [0.25, 0.3) is 0 Å². The topological polar surface area (TPSA) is 47.0 Å². The van der Waals surface area contributed by atoms with Crippen molar-refractivity contribution in [2.45, 2.75) is 6.54 Å². The smallest absolute Gasteiger partial charge is 0.258 e. The number of pyridine rings is 1. The summed E-state index contributed by atoms with van der Waals surface area (Å²) >= 11 is 0. The Morgan fingerprint density at radius 1 is 0.377 bits per heavy atom. The molecule has 0 spiro atoms. The highest BCUT2D eigenvalue weighted by Crippen LogP contribution is 2.31. The van der Waals surface area contributed by atoms with Gasteiger partial charge < -0.3 is 0 Å². The average Bonchev–Trinajstić information content (AvgIpc) is 3.24. The molecule has 0 saturated carbocycles. The minimum Gasteiger partial charge on any atom is -0.258 e. The second-order valence-electron chi connectivity index (χ2n) is 12.2. The summed E-state index contributed by atoms with van der Waals surface area (Å²) in [5, 5.41) is 10.8. The van der Waals surface area contributed by atoms with Gasteiger partial charge in [-0.2, -0.15) is 0 Å². The SMILES string of the molecule is Fc1c(F)c(F)c([B-](c2c(F)c(F)c(F)c(F)c2F)(c2c(F)c(F)c(F)c(F)c2F)c2c(F)c(F)c(F)c(F)c2F)c(F)c1F.O=[N+]([O-])c1ccccc1C[n+]1ccccc1. The standard InChI is InChI=1S/C24BF20.C12H11N2O2/c26-5-1(6(27)14(35)21(42)13(5)34)25(2-7(28)15(36)22(43)16(37)8(2)29,3-9(30)17(38)23(44)18(39)10(3)31)4-11(32)19(40)24(45)20(41)12(4)33;15-14(16)12-7-3-2-6-11(12)10-13-8-4-1-5-9-13/h;1-9H,10H2/q-1;+1. The van der Waals surface area contributed by atoms with Crippen LogP contribution in [-0.4, -0.2) is 11.1 Å². The Bertz CT molecular complexity index is 2390. The van der Waals surface area contributed by atoms with Gasteiger partial charge in [0.25, 0.3) is 5.69 Å². The minimum absolute atomic E-state index is 0.166. The predicted molar refractivity (Wildman–Crippen MR) is 168 cm³/mol. The number of rotatable bonds is 7. The molecular formula is C36H11BF20N2O2. The van der Waals surface area contributed by atoms with E-state index in [4.69, 9.17) is 0 Å². The molecule has 0 saturated heterocycles. The van der Waals surface area contributed by atoms with Crippen LogP contribution in [0.1, 0.15) is 5.56 Å². The quantitative estimate of drug-likeness (QED) is 0.0313. The fourth-order valence-corrected chi connectivity index (χ4v) is 6.43. The van der Waals surface area contributed by atoms with Crippen molar-refractivity contribution >= 4 is 33.7 Å². The van der Waals surface area contributed by atoms with Gasteiger partial charge in [-0.1, -0.05) is 18.2 Å². The van der Waals surface area contributed by atoms with Gasteiger partial charge >= 0.3 is 0 Å². The van der Waals surface area contributed by atoms with Gasteiger partial charge in [-0.25, -0.2) is 92.4 Å². The maximum Gasteiger partial charge on any atom is 0.278 e. The Kier molecular flexibility index (Phi) is 12.5. The highest BCUT2D eigenvalue weighted by Gasteiger charge is 2.52. The van der Waals surface area contributed by atoms with E-state index in [0.29, 0.717) is 12.1 Å². The molecule has 0 fully saturated rings. The van der Waals surface area contributed by atoms with E-state index in [9.17, 15) is 62.8 Å². The monoisotopic (exact) mass is 894 g/mol. The van der Waals surface area contributed by atoms with E-state index < -0.39 is 144 Å². The Labute approximate surface area is 324 Å². The van der Waals surface area contributed by atoms with Crippen molar-refractivity contribution in [2.24, 2.45) is 0 Å². The summed E-state index contributed by atoms with van der Waals surface area (Å²) in [6.07, 6.45) is -3.45. The van der Waals surface area contributed by atoms with Crippen molar-refractivity contribution in [3.8, 4) is 0 Å². The van der Waals surface area contributed by atoms with Crippen LogP contribution < -0.4 is 26.4 Å². The van der Waals surface area contributed by atoms with Crippen molar-refractivity contribution in [1.82, 2.24) is 0 Å². The number of hydrogen-bond acceptors (Lipinski definition) is 2. The highest BCUT2D eigenvalue weighted by molar-refractivity contribution is 7.20. The van der Waals surface area contributed by atoms with Crippen LogP contribution in [0.2, 0.25) is 0 Å². The number of nitrogens with zero attached hydrogens (tertiary/aromatic N) is 2. The Balaban J connectivity index is 0.000000366. The van der Waals surface area contributed by atoms with E-state index in [1.54, 1.807) is 12.1 Å². The van der Waals surface area contributed by atoms with Gasteiger partial charge in [0.15, 0.2) is 88.7 Å². The van der Waals surface area contributed by atoms with Crippen LogP contribution in [0.4, 0.5) is 93.5 Å². The third-order valence-electron chi connectivity index (χ3n) is 9.03. The van der Waals surface area contributed by atoms with Crippen LogP contribution in [0, 0.1) is 126 Å². The van der Waals surface area contributed by atoms with Crippen LogP contribution in [0.15, 0.2) is 54.9 Å². The average molecular weight is 894 g/mol. The number of benzene rings is 5. The Morgan fingerprint density at radius 3 is 0.885 bits per heavy atom. The minimum atomic E-state index is -7.22. The molecule has 61 heavy (non-hydrogen) atoms. The van der Waals surface area contributed by atoms with Gasteiger partial charge in [0, 0.05) is 18.2 Å². The molecule has 1 heterocycles. The summed E-state index contributed by atoms with van der Waals surface area (Å²) in [5.41, 5.74) is -13.5. The lowest BCUT2D eigenvalue weighted by Gasteiger charge is -2.44. The van der Waals surface area contributed by atoms with E-state index in [-0.39, 0.29) is 10.6 Å². The molecular weight excluding hydrogens is 883 g/mol. The molecule has 6 aromatic rings. The zero-order chi connectivity index (χ0) is 45.7. The number of para-hydroxylation sites is 1. The highest BCUT2D eigenvalue weighted by atomic mass is 19.2. The van der Waals surface area contributed by atoms with Crippen LogP contribution in [0.5, 0.6) is 0 Å². The van der Waals surface area contributed by atoms with Crippen LogP contribution >= 0.6 is 0 Å². The number of halogens is 20. The fourth-order valence-electron chi connectivity index (χ4n) is 6.43. The van der Waals surface area contributed by atoms with E-state index >= 15 is 35.1 Å². The molecule has 0 bridgehead atoms. The normalized spacial score (nSPS) is 11.5. The summed E-state index contributed by atoms with van der Waals surface area (Å²) in [7, 11) is 0. The first kappa shape index (κ1) is 45.4. The largest absolute Gasteiger partial charge is 0.278 e. The lowest BCUT2D eigenvalue weighted by atomic mass is 9.12. The van der Waals surface area contributed by atoms with Gasteiger partial charge in [-0.3, -0.25) is 10.1 Å². The van der Waals surface area contributed by atoms with Crippen molar-refractivity contribution in [3.63, 3.8) is 0 Å². The molecule has 4 nitrogen and oxygen atoms in total. The fraction of sp³-hybridized carbons (Fsp3) is 0.0278. The Hall–Kier alpha value is -6.69. The zero-order valence-electron chi connectivity index (χ0n) is 28.8. The number of aromatic nitrogens is 1. The first-order valence-electron chi connectivity index (χ1n) is 15.9. The predicted octanol–water partition coefficient (Wildman–Crippen LogP) is 7.78. The van der Waals surface area contributed by atoms with Crippen LogP contribution in [-0.2, 0) is 6.54 Å². The lowest BCUT2D eigenvalue weighted by Crippen LogP contribution is -2.81. The molecule has 0 unspecified atom stereocenters. The molecule has 0 radical (unpaired) electrons.